The monoisotopic (exact) mass is 410 g/mol. The van der Waals surface area contributed by atoms with Crippen molar-refractivity contribution in [3.63, 3.8) is 0 Å². The van der Waals surface area contributed by atoms with Crippen LogP contribution in [-0.2, 0) is 22.3 Å². The second-order valence-corrected chi connectivity index (χ2v) is 8.46. The number of alkyl halides is 3. The molecular weight excluding hydrogens is 393 g/mol. The number of hydrogen-bond acceptors (Lipinski definition) is 3. The highest BCUT2D eigenvalue weighted by atomic mass is 32.2. The molecule has 7 heteroatoms. The highest BCUT2D eigenvalue weighted by Crippen LogP contribution is 2.41. The average Bonchev–Trinajstić information content (AvgIpc) is 2.61. The molecule has 0 amide bonds. The highest BCUT2D eigenvalue weighted by molar-refractivity contribution is 8.00. The van der Waals surface area contributed by atoms with Crippen LogP contribution in [0, 0.1) is 0 Å². The normalized spacial score (nSPS) is 12.9. The average molecular weight is 410 g/mol. The van der Waals surface area contributed by atoms with Crippen molar-refractivity contribution < 1.29 is 22.1 Å². The summed E-state index contributed by atoms with van der Waals surface area (Å²) in [6.07, 6.45) is 0. The molecule has 142 valence electrons. The molecule has 0 radical (unpaired) electrons. The fourth-order valence-electron chi connectivity index (χ4n) is 2.84. The lowest BCUT2D eigenvalue weighted by Gasteiger charge is -2.12. The molecule has 0 aliphatic heterocycles. The van der Waals surface area contributed by atoms with Crippen molar-refractivity contribution >= 4 is 33.3 Å². The standard InChI is InChI=1S/C20H17F3O2S2/c1-25-18-10-9-14(11-19(18)26-20(21,22)23)12-27(24)13-16-7-4-6-15-5-2-3-8-17(15)16/h2-11H,12-13H2,1H3. The Hall–Kier alpha value is -1.99. The Kier molecular flexibility index (Phi) is 6.11. The van der Waals surface area contributed by atoms with Crippen molar-refractivity contribution in [2.24, 2.45) is 0 Å². The van der Waals surface area contributed by atoms with E-state index < -0.39 is 16.3 Å². The lowest BCUT2D eigenvalue weighted by atomic mass is 10.1. The highest BCUT2D eigenvalue weighted by Gasteiger charge is 2.31. The van der Waals surface area contributed by atoms with E-state index in [1.54, 1.807) is 6.07 Å². The first-order chi connectivity index (χ1) is 12.9. The predicted octanol–water partition coefficient (Wildman–Crippen LogP) is 5.91. The molecule has 1 unspecified atom stereocenters. The Morgan fingerprint density at radius 1 is 1.00 bits per heavy atom. The summed E-state index contributed by atoms with van der Waals surface area (Å²) >= 11 is -0.225. The molecule has 3 aromatic rings. The molecule has 3 aromatic carbocycles. The zero-order valence-corrected chi connectivity index (χ0v) is 16.1. The third kappa shape index (κ3) is 5.26. The minimum atomic E-state index is -4.41. The van der Waals surface area contributed by atoms with Gasteiger partial charge in [-0.15, -0.1) is 0 Å². The zero-order chi connectivity index (χ0) is 19.4. The molecule has 0 aliphatic carbocycles. The largest absolute Gasteiger partial charge is 0.496 e. The second-order valence-electron chi connectivity index (χ2n) is 5.90. The van der Waals surface area contributed by atoms with Gasteiger partial charge < -0.3 is 4.74 Å². The lowest BCUT2D eigenvalue weighted by molar-refractivity contribution is -0.0328. The van der Waals surface area contributed by atoms with Gasteiger partial charge in [-0.05, 0) is 45.8 Å². The third-order valence-corrected chi connectivity index (χ3v) is 6.04. The zero-order valence-electron chi connectivity index (χ0n) is 14.5. The van der Waals surface area contributed by atoms with E-state index in [1.807, 2.05) is 42.5 Å². The molecule has 1 atom stereocenters. The number of methoxy groups -OCH3 is 1. The molecule has 0 aromatic heterocycles. The number of rotatable bonds is 6. The van der Waals surface area contributed by atoms with Crippen LogP contribution in [0.4, 0.5) is 13.2 Å². The molecule has 0 spiro atoms. The van der Waals surface area contributed by atoms with Gasteiger partial charge in [0.2, 0.25) is 0 Å². The van der Waals surface area contributed by atoms with Crippen molar-refractivity contribution in [2.75, 3.05) is 7.11 Å². The Morgan fingerprint density at radius 2 is 1.74 bits per heavy atom. The molecule has 0 fully saturated rings. The maximum Gasteiger partial charge on any atom is 0.446 e. The SMILES string of the molecule is COc1ccc(CS(=O)Cc2cccc3ccccc23)cc1SC(F)(F)F. The molecule has 0 saturated carbocycles. The van der Waals surface area contributed by atoms with Crippen molar-refractivity contribution in [1.82, 2.24) is 0 Å². The smallest absolute Gasteiger partial charge is 0.446 e. The summed E-state index contributed by atoms with van der Waals surface area (Å²) in [6.45, 7) is 0. The Balaban J connectivity index is 1.78. The van der Waals surface area contributed by atoms with Crippen LogP contribution in [0.15, 0.2) is 65.6 Å². The maximum absolute atomic E-state index is 12.7. The van der Waals surface area contributed by atoms with Gasteiger partial charge in [0.15, 0.2) is 0 Å². The van der Waals surface area contributed by atoms with Gasteiger partial charge >= 0.3 is 5.51 Å². The minimum absolute atomic E-state index is 0.0235. The molecular formula is C20H17F3O2S2. The molecule has 27 heavy (non-hydrogen) atoms. The van der Waals surface area contributed by atoms with Gasteiger partial charge in [-0.1, -0.05) is 48.5 Å². The summed E-state index contributed by atoms with van der Waals surface area (Å²) in [5, 5.41) is 2.11. The van der Waals surface area contributed by atoms with Crippen LogP contribution < -0.4 is 4.74 Å². The van der Waals surface area contributed by atoms with E-state index in [9.17, 15) is 17.4 Å². The predicted molar refractivity (Wildman–Crippen MR) is 104 cm³/mol. The quantitative estimate of drug-likeness (QED) is 0.473. The van der Waals surface area contributed by atoms with Crippen molar-refractivity contribution in [1.29, 1.82) is 0 Å². The summed E-state index contributed by atoms with van der Waals surface area (Å²) in [5.41, 5.74) is -2.86. The van der Waals surface area contributed by atoms with Gasteiger partial charge in [-0.25, -0.2) is 0 Å². The van der Waals surface area contributed by atoms with Crippen LogP contribution >= 0.6 is 11.8 Å². The van der Waals surface area contributed by atoms with E-state index in [2.05, 4.69) is 0 Å². The second kappa shape index (κ2) is 8.35. The summed E-state index contributed by atoms with van der Waals surface area (Å²) in [4.78, 5) is -0.0235. The number of benzene rings is 3. The number of hydrogen-bond donors (Lipinski definition) is 0. The summed E-state index contributed by atoms with van der Waals surface area (Å²) < 4.78 is 55.8. The lowest BCUT2D eigenvalue weighted by Crippen LogP contribution is -2.03. The van der Waals surface area contributed by atoms with E-state index >= 15 is 0 Å². The van der Waals surface area contributed by atoms with Crippen LogP contribution in [0.2, 0.25) is 0 Å². The Morgan fingerprint density at radius 3 is 2.48 bits per heavy atom. The van der Waals surface area contributed by atoms with E-state index in [-0.39, 0.29) is 28.2 Å². The number of fused-ring (bicyclic) bond motifs is 1. The van der Waals surface area contributed by atoms with Crippen LogP contribution in [0.3, 0.4) is 0 Å². The fraction of sp³-hybridized carbons (Fsp3) is 0.200. The van der Waals surface area contributed by atoms with E-state index in [0.717, 1.165) is 16.3 Å². The first-order valence-electron chi connectivity index (χ1n) is 8.10. The van der Waals surface area contributed by atoms with Crippen LogP contribution in [0.5, 0.6) is 5.75 Å². The molecule has 0 N–H and O–H groups in total. The molecule has 0 aliphatic rings. The molecule has 0 saturated heterocycles. The van der Waals surface area contributed by atoms with Crippen molar-refractivity contribution in [2.45, 2.75) is 21.9 Å². The maximum atomic E-state index is 12.7. The summed E-state index contributed by atoms with van der Waals surface area (Å²) in [5.74, 6) is 0.675. The first-order valence-corrected chi connectivity index (χ1v) is 10.4. The van der Waals surface area contributed by atoms with Crippen LogP contribution in [-0.4, -0.2) is 16.8 Å². The van der Waals surface area contributed by atoms with Crippen LogP contribution in [0.25, 0.3) is 10.8 Å². The van der Waals surface area contributed by atoms with Gasteiger partial charge in [0.1, 0.15) is 5.75 Å². The topological polar surface area (TPSA) is 26.3 Å². The van der Waals surface area contributed by atoms with E-state index in [4.69, 9.17) is 4.74 Å². The van der Waals surface area contributed by atoms with E-state index in [1.165, 1.54) is 19.2 Å². The summed E-state index contributed by atoms with van der Waals surface area (Å²) in [7, 11) is 0.0782. The fourth-order valence-corrected chi connectivity index (χ4v) is 4.81. The van der Waals surface area contributed by atoms with Crippen LogP contribution in [0.1, 0.15) is 11.1 Å². The van der Waals surface area contributed by atoms with Gasteiger partial charge in [0.25, 0.3) is 0 Å². The van der Waals surface area contributed by atoms with Gasteiger partial charge in [0.05, 0.1) is 12.0 Å². The Bertz CT molecular complexity index is 966. The molecule has 3 rings (SSSR count). The third-order valence-electron chi connectivity index (χ3n) is 3.98. The van der Waals surface area contributed by atoms with Gasteiger partial charge in [-0.2, -0.15) is 13.2 Å². The number of ether oxygens (including phenoxy) is 1. The molecule has 0 bridgehead atoms. The summed E-state index contributed by atoms with van der Waals surface area (Å²) in [6, 6.07) is 18.2. The van der Waals surface area contributed by atoms with Gasteiger partial charge in [0, 0.05) is 22.3 Å². The van der Waals surface area contributed by atoms with Crippen molar-refractivity contribution in [3.05, 3.63) is 71.8 Å². The first kappa shape index (κ1) is 19.8. The molecule has 2 nitrogen and oxygen atoms in total. The van der Waals surface area contributed by atoms with E-state index in [0.29, 0.717) is 11.3 Å². The number of thioether (sulfide) groups is 1. The Labute approximate surface area is 162 Å². The van der Waals surface area contributed by atoms with Crippen molar-refractivity contribution in [3.8, 4) is 5.75 Å². The number of halogens is 3. The van der Waals surface area contributed by atoms with Gasteiger partial charge in [-0.3, -0.25) is 4.21 Å². The minimum Gasteiger partial charge on any atom is -0.496 e. The molecule has 0 heterocycles.